The first-order chi connectivity index (χ1) is 16.8. The molecule has 35 heavy (non-hydrogen) atoms. The van der Waals surface area contributed by atoms with Gasteiger partial charge < -0.3 is 24.5 Å². The van der Waals surface area contributed by atoms with Crippen molar-refractivity contribution in [2.75, 3.05) is 33.3 Å². The minimum Gasteiger partial charge on any atom is -0.396 e. The van der Waals surface area contributed by atoms with Crippen LogP contribution in [0.25, 0.3) is 0 Å². The van der Waals surface area contributed by atoms with E-state index >= 15 is 0 Å². The van der Waals surface area contributed by atoms with Gasteiger partial charge in [0.15, 0.2) is 0 Å². The molecule has 1 saturated carbocycles. The number of carbonyl (C=O) groups excluding carboxylic acids is 3. The third-order valence-electron chi connectivity index (χ3n) is 8.86. The van der Waals surface area contributed by atoms with Gasteiger partial charge >= 0.3 is 0 Å². The summed E-state index contributed by atoms with van der Waals surface area (Å²) in [5.74, 6) is -1.73. The van der Waals surface area contributed by atoms with E-state index in [0.29, 0.717) is 32.5 Å². The number of amides is 3. The van der Waals surface area contributed by atoms with Crippen LogP contribution in [0, 0.1) is 11.8 Å². The van der Waals surface area contributed by atoms with Crippen LogP contribution in [0.3, 0.4) is 0 Å². The molecule has 8 heteroatoms. The Morgan fingerprint density at radius 2 is 1.69 bits per heavy atom. The van der Waals surface area contributed by atoms with Gasteiger partial charge in [0, 0.05) is 39.3 Å². The number of hydrogen-bond donors (Lipinski definition) is 1. The van der Waals surface area contributed by atoms with Crippen LogP contribution in [-0.2, 0) is 19.1 Å². The van der Waals surface area contributed by atoms with Crippen LogP contribution >= 0.6 is 0 Å². The fourth-order valence-corrected chi connectivity index (χ4v) is 7.19. The second kappa shape index (κ2) is 9.36. The van der Waals surface area contributed by atoms with E-state index in [2.05, 4.69) is 0 Å². The van der Waals surface area contributed by atoms with Gasteiger partial charge in [-0.1, -0.05) is 43.6 Å². The first kappa shape index (κ1) is 24.5. The van der Waals surface area contributed by atoms with Crippen molar-refractivity contribution in [1.29, 1.82) is 0 Å². The maximum Gasteiger partial charge on any atom is 0.249 e. The van der Waals surface area contributed by atoms with Crippen LogP contribution < -0.4 is 0 Å². The van der Waals surface area contributed by atoms with E-state index in [1.165, 1.54) is 6.42 Å². The smallest absolute Gasteiger partial charge is 0.249 e. The fraction of sp³-hybridized carbons (Fsp3) is 0.741. The van der Waals surface area contributed by atoms with Crippen LogP contribution in [-0.4, -0.2) is 94.1 Å². The number of aliphatic hydroxyl groups excluding tert-OH is 1. The molecule has 3 fully saturated rings. The molecule has 4 aliphatic heterocycles. The molecule has 192 valence electrons. The highest BCUT2D eigenvalue weighted by molar-refractivity contribution is 6.00. The van der Waals surface area contributed by atoms with Crippen molar-refractivity contribution in [3.63, 3.8) is 0 Å². The van der Waals surface area contributed by atoms with E-state index in [-0.39, 0.29) is 30.4 Å². The molecule has 0 aromatic heterocycles. The molecule has 1 N–H and O–H groups in total. The summed E-state index contributed by atoms with van der Waals surface area (Å²) in [6.07, 6.45) is 15.3. The lowest BCUT2D eigenvalue weighted by Gasteiger charge is -2.40. The zero-order valence-corrected chi connectivity index (χ0v) is 21.0. The number of unbranched alkanes of at least 4 members (excludes halogenated alkanes) is 2. The van der Waals surface area contributed by atoms with Crippen LogP contribution in [0.5, 0.6) is 0 Å². The molecular weight excluding hydrogens is 446 g/mol. The summed E-state index contributed by atoms with van der Waals surface area (Å²) >= 11 is 0. The summed E-state index contributed by atoms with van der Waals surface area (Å²) in [4.78, 5) is 47.3. The minimum absolute atomic E-state index is 0.0512. The van der Waals surface area contributed by atoms with Gasteiger partial charge in [-0.3, -0.25) is 14.4 Å². The average molecular weight is 486 g/mol. The predicted octanol–water partition coefficient (Wildman–Crippen LogP) is 1.88. The monoisotopic (exact) mass is 485 g/mol. The molecule has 0 aromatic rings. The first-order valence-corrected chi connectivity index (χ1v) is 13.4. The predicted molar refractivity (Wildman–Crippen MR) is 130 cm³/mol. The van der Waals surface area contributed by atoms with Crippen LogP contribution in [0.4, 0.5) is 0 Å². The molecule has 5 rings (SSSR count). The molecule has 1 spiro atoms. The third kappa shape index (κ3) is 3.84. The largest absolute Gasteiger partial charge is 0.396 e. The number of fused-ring (bicyclic) bond motifs is 2. The number of ether oxygens (including phenoxy) is 1. The molecule has 0 aromatic carbocycles. The second-order valence-corrected chi connectivity index (χ2v) is 11.1. The number of nitrogens with zero attached hydrogens (tertiary/aromatic N) is 3. The lowest BCUT2D eigenvalue weighted by atomic mass is 9.74. The number of hydrogen-bond acceptors (Lipinski definition) is 5. The van der Waals surface area contributed by atoms with E-state index < -0.39 is 29.1 Å². The molecule has 5 aliphatic rings. The lowest BCUT2D eigenvalue weighted by molar-refractivity contribution is -0.154. The lowest BCUT2D eigenvalue weighted by Crippen LogP contribution is -2.57. The van der Waals surface area contributed by atoms with Gasteiger partial charge in [0.1, 0.15) is 11.6 Å². The Balaban J connectivity index is 1.56. The van der Waals surface area contributed by atoms with Crippen LogP contribution in [0.2, 0.25) is 0 Å². The molecule has 5 atom stereocenters. The molecule has 1 unspecified atom stereocenters. The van der Waals surface area contributed by atoms with E-state index in [1.807, 2.05) is 36.1 Å². The Labute approximate surface area is 207 Å². The van der Waals surface area contributed by atoms with Crippen molar-refractivity contribution in [2.45, 2.75) is 81.6 Å². The third-order valence-corrected chi connectivity index (χ3v) is 8.86. The number of likely N-dealkylation sites (N-methyl/N-ethyl adjacent to an activating group) is 1. The molecule has 3 amide bonds. The summed E-state index contributed by atoms with van der Waals surface area (Å²) in [6.45, 7) is 3.40. The number of carbonyl (C=O) groups is 3. The van der Waals surface area contributed by atoms with Gasteiger partial charge in [0.25, 0.3) is 0 Å². The molecule has 1 aliphatic carbocycles. The normalized spacial score (nSPS) is 37.4. The maximum absolute atomic E-state index is 14.3. The number of likely N-dealkylation sites (tertiary alicyclic amines) is 1. The molecule has 8 nitrogen and oxygen atoms in total. The molecule has 2 saturated heterocycles. The van der Waals surface area contributed by atoms with E-state index in [1.54, 1.807) is 16.8 Å². The van der Waals surface area contributed by atoms with Gasteiger partial charge in [-0.25, -0.2) is 0 Å². The van der Waals surface area contributed by atoms with Crippen molar-refractivity contribution >= 4 is 17.7 Å². The van der Waals surface area contributed by atoms with Gasteiger partial charge in [0.05, 0.1) is 17.4 Å². The van der Waals surface area contributed by atoms with Gasteiger partial charge in [-0.05, 0) is 39.0 Å². The zero-order valence-electron chi connectivity index (χ0n) is 21.0. The molecule has 0 bridgehead atoms. The molecule has 4 heterocycles. The second-order valence-electron chi connectivity index (χ2n) is 11.1. The number of rotatable bonds is 6. The average Bonchev–Trinajstić information content (AvgIpc) is 3.11. The van der Waals surface area contributed by atoms with E-state index in [4.69, 9.17) is 4.74 Å². The molecule has 0 radical (unpaired) electrons. The first-order valence-electron chi connectivity index (χ1n) is 13.4. The van der Waals surface area contributed by atoms with Crippen LogP contribution in [0.15, 0.2) is 24.3 Å². The van der Waals surface area contributed by atoms with Crippen molar-refractivity contribution in [2.24, 2.45) is 11.8 Å². The van der Waals surface area contributed by atoms with Gasteiger partial charge in [0.2, 0.25) is 17.7 Å². The van der Waals surface area contributed by atoms with Crippen molar-refractivity contribution in [3.8, 4) is 0 Å². The maximum atomic E-state index is 14.3. The number of aliphatic hydroxyl groups is 1. The Kier molecular flexibility index (Phi) is 6.55. The Bertz CT molecular complexity index is 928. The van der Waals surface area contributed by atoms with Gasteiger partial charge in [-0.15, -0.1) is 0 Å². The van der Waals surface area contributed by atoms with E-state index in [9.17, 15) is 19.5 Å². The fourth-order valence-electron chi connectivity index (χ4n) is 7.19. The van der Waals surface area contributed by atoms with E-state index in [0.717, 1.165) is 32.1 Å². The minimum atomic E-state index is -1.16. The highest BCUT2D eigenvalue weighted by atomic mass is 16.5. The van der Waals surface area contributed by atoms with Crippen LogP contribution in [0.1, 0.15) is 58.3 Å². The SMILES string of the molecule is CN1CC=C[C@@]2(C)O[C@]34C=CCN(C5CCCCC5)C(=O)C3N(CCCCCO)C(=O)[C@@H]4[C@H]2C1=O. The highest BCUT2D eigenvalue weighted by Crippen LogP contribution is 2.57. The van der Waals surface area contributed by atoms with Crippen molar-refractivity contribution in [3.05, 3.63) is 24.3 Å². The van der Waals surface area contributed by atoms with Gasteiger partial charge in [-0.2, -0.15) is 0 Å². The summed E-state index contributed by atoms with van der Waals surface area (Å²) in [5, 5.41) is 9.21. The Morgan fingerprint density at radius 3 is 2.43 bits per heavy atom. The molecular formula is C27H39N3O5. The topological polar surface area (TPSA) is 90.4 Å². The zero-order chi connectivity index (χ0) is 24.8. The highest BCUT2D eigenvalue weighted by Gasteiger charge is 2.74. The Hall–Kier alpha value is -2.19. The summed E-state index contributed by atoms with van der Waals surface area (Å²) in [5.41, 5.74) is -2.11. The Morgan fingerprint density at radius 1 is 0.943 bits per heavy atom. The summed E-state index contributed by atoms with van der Waals surface area (Å²) < 4.78 is 6.81. The quantitative estimate of drug-likeness (QED) is 0.458. The standard InChI is InChI=1S/C27H39N3O5/c1-26-13-9-15-28(2)23(32)20(26)21-24(33)30(16-7-4-8-18-31)22-25(34)29(19-11-5-3-6-12-19)17-10-14-27(21,22)35-26/h9-10,13-14,19-22,31H,3-8,11-12,15-18H2,1-2H3/t20-,21-,22?,26+,27-/m0/s1. The summed E-state index contributed by atoms with van der Waals surface area (Å²) in [7, 11) is 1.76. The van der Waals surface area contributed by atoms with Crippen molar-refractivity contribution < 1.29 is 24.2 Å². The van der Waals surface area contributed by atoms with Crippen molar-refractivity contribution in [1.82, 2.24) is 14.7 Å². The summed E-state index contributed by atoms with van der Waals surface area (Å²) in [6, 6.07) is -0.596.